The Morgan fingerprint density at radius 3 is 1.16 bits per heavy atom. The maximum absolute atomic E-state index is 13.4. The van der Waals surface area contributed by atoms with Crippen LogP contribution in [0.5, 0.6) is 0 Å². The molecule has 0 rings (SSSR count). The molecule has 0 aromatic carbocycles. The molecule has 0 fully saturated rings. The summed E-state index contributed by atoms with van der Waals surface area (Å²) < 4.78 is 0. The van der Waals surface area contributed by atoms with Crippen LogP contribution in [0, 0.1) is 0 Å². The van der Waals surface area contributed by atoms with E-state index in [4.69, 9.17) is 45.2 Å². The second kappa shape index (κ2) is 23.4. The number of hydrogen-bond acceptors (Lipinski definition) is 11. The number of carboxylic acids is 3. The Kier molecular flexibility index (Phi) is 20.6. The van der Waals surface area contributed by atoms with Gasteiger partial charge in [0.25, 0.3) is 0 Å². The van der Waals surface area contributed by atoms with E-state index >= 15 is 0 Å². The third kappa shape index (κ3) is 20.3. The summed E-state index contributed by atoms with van der Waals surface area (Å²) in [5, 5.41) is 37.1. The van der Waals surface area contributed by atoms with Gasteiger partial charge in [0, 0.05) is 19.6 Å². The molecule has 0 aliphatic carbocycles. The number of amides is 4. The average Bonchev–Trinajstić information content (AvgIpc) is 2.99. The van der Waals surface area contributed by atoms with Gasteiger partial charge in [-0.05, 0) is 38.5 Å². The summed E-state index contributed by atoms with van der Waals surface area (Å²) >= 11 is 0. The van der Waals surface area contributed by atoms with Gasteiger partial charge in [-0.25, -0.2) is 4.79 Å². The normalized spacial score (nSPS) is 13.5. The number of rotatable bonds is 25. The zero-order chi connectivity index (χ0) is 38.4. The van der Waals surface area contributed by atoms with Crippen LogP contribution >= 0.6 is 0 Å². The zero-order valence-electron chi connectivity index (χ0n) is 27.2. The van der Waals surface area contributed by atoms with E-state index in [0.29, 0.717) is 0 Å². The first-order chi connectivity index (χ1) is 23.3. The van der Waals surface area contributed by atoms with E-state index in [0.717, 1.165) is 0 Å². The van der Waals surface area contributed by atoms with Gasteiger partial charge in [-0.3, -0.25) is 43.7 Å². The molecule has 0 heterocycles. The van der Waals surface area contributed by atoms with Crippen molar-refractivity contribution in [3.8, 4) is 0 Å². The van der Waals surface area contributed by atoms with Crippen LogP contribution in [0.15, 0.2) is 15.0 Å². The lowest BCUT2D eigenvalue weighted by Crippen LogP contribution is -2.59. The van der Waals surface area contributed by atoms with Crippen molar-refractivity contribution < 1.29 is 48.9 Å². The van der Waals surface area contributed by atoms with E-state index in [2.05, 4.69) is 36.2 Å². The molecule has 21 N–H and O–H groups in total. The number of aliphatic imine (C=N–C) groups is 3. The molecule has 0 saturated heterocycles. The number of carbonyl (C=O) groups is 7. The number of nitrogens with two attached hydrogens (primary N) is 7. The smallest absolute Gasteiger partial charge is 0.326 e. The maximum atomic E-state index is 13.4. The number of hydrogen-bond donors (Lipinski definition) is 14. The molecule has 4 amide bonds. The van der Waals surface area contributed by atoms with Gasteiger partial charge in [0.15, 0.2) is 17.9 Å². The molecule has 5 atom stereocenters. The number of carboxylic acid groups (broad SMARTS) is 3. The molecular weight excluding hydrogens is 668 g/mol. The first-order valence-electron chi connectivity index (χ1n) is 15.1. The Labute approximate surface area is 286 Å². The van der Waals surface area contributed by atoms with E-state index < -0.39 is 84.6 Å². The lowest BCUT2D eigenvalue weighted by atomic mass is 10.1. The van der Waals surface area contributed by atoms with Crippen molar-refractivity contribution in [2.24, 2.45) is 55.1 Å². The highest BCUT2D eigenvalue weighted by molar-refractivity contribution is 5.97. The molecule has 0 aromatic heterocycles. The second-order valence-electron chi connectivity index (χ2n) is 10.7. The van der Waals surface area contributed by atoms with Crippen molar-refractivity contribution in [3.63, 3.8) is 0 Å². The van der Waals surface area contributed by atoms with E-state index in [9.17, 15) is 43.8 Å². The molecule has 282 valence electrons. The third-order valence-electron chi connectivity index (χ3n) is 6.46. The Bertz CT molecular complexity index is 1280. The van der Waals surface area contributed by atoms with Gasteiger partial charge >= 0.3 is 17.9 Å². The van der Waals surface area contributed by atoms with E-state index in [-0.39, 0.29) is 76.0 Å². The largest absolute Gasteiger partial charge is 0.481 e. The fourth-order valence-electron chi connectivity index (χ4n) is 4.07. The number of carbonyl (C=O) groups excluding carboxylic acids is 4. The number of nitrogens with one attached hydrogen (secondary N) is 4. The van der Waals surface area contributed by atoms with Crippen molar-refractivity contribution in [2.45, 2.75) is 81.6 Å². The lowest BCUT2D eigenvalue weighted by molar-refractivity contribution is -0.143. The summed E-state index contributed by atoms with van der Waals surface area (Å²) in [5.74, 6) is -9.27. The highest BCUT2D eigenvalue weighted by Gasteiger charge is 2.33. The Morgan fingerprint density at radius 2 is 0.800 bits per heavy atom. The summed E-state index contributed by atoms with van der Waals surface area (Å²) in [6.45, 7) is 0.0757. The van der Waals surface area contributed by atoms with E-state index in [1.165, 1.54) is 0 Å². The minimum Gasteiger partial charge on any atom is -0.481 e. The first-order valence-corrected chi connectivity index (χ1v) is 15.1. The number of aliphatic carboxylic acids is 3. The molecule has 0 saturated carbocycles. The van der Waals surface area contributed by atoms with Gasteiger partial charge in [-0.1, -0.05) is 0 Å². The molecule has 0 unspecified atom stereocenters. The maximum Gasteiger partial charge on any atom is 0.326 e. The molecule has 0 aromatic rings. The zero-order valence-corrected chi connectivity index (χ0v) is 27.2. The van der Waals surface area contributed by atoms with Crippen molar-refractivity contribution in [3.05, 3.63) is 0 Å². The van der Waals surface area contributed by atoms with Crippen LogP contribution in [0.25, 0.3) is 0 Å². The fraction of sp³-hybridized carbons (Fsp3) is 0.615. The predicted molar refractivity (Wildman–Crippen MR) is 178 cm³/mol. The summed E-state index contributed by atoms with van der Waals surface area (Å²) in [6, 6.07) is -7.74. The topological polar surface area (TPSA) is 448 Å². The van der Waals surface area contributed by atoms with Crippen molar-refractivity contribution in [1.29, 1.82) is 0 Å². The summed E-state index contributed by atoms with van der Waals surface area (Å²) in [4.78, 5) is 98.2. The predicted octanol–water partition coefficient (Wildman–Crippen LogP) is -6.55. The molecule has 0 spiro atoms. The minimum absolute atomic E-state index is 0.00337. The first kappa shape index (κ1) is 44.1. The molecule has 0 radical (unpaired) electrons. The second-order valence-corrected chi connectivity index (χ2v) is 10.7. The van der Waals surface area contributed by atoms with Crippen molar-refractivity contribution >= 4 is 59.4 Å². The highest BCUT2D eigenvalue weighted by atomic mass is 16.4. The van der Waals surface area contributed by atoms with Crippen LogP contribution in [0.1, 0.15) is 51.4 Å². The van der Waals surface area contributed by atoms with Gasteiger partial charge in [-0.15, -0.1) is 0 Å². The van der Waals surface area contributed by atoms with Crippen LogP contribution in [-0.4, -0.2) is 125 Å². The van der Waals surface area contributed by atoms with Gasteiger partial charge in [0.2, 0.25) is 23.6 Å². The third-order valence-corrected chi connectivity index (χ3v) is 6.46. The van der Waals surface area contributed by atoms with Gasteiger partial charge in [0.05, 0.1) is 18.9 Å². The molecule has 24 nitrogen and oxygen atoms in total. The van der Waals surface area contributed by atoms with Gasteiger partial charge < -0.3 is 76.7 Å². The molecule has 0 aliphatic rings. The quantitative estimate of drug-likeness (QED) is 0.0237. The van der Waals surface area contributed by atoms with Crippen molar-refractivity contribution in [2.75, 3.05) is 19.6 Å². The number of guanidine groups is 3. The van der Waals surface area contributed by atoms with Gasteiger partial charge in [-0.2, -0.15) is 0 Å². The highest BCUT2D eigenvalue weighted by Crippen LogP contribution is 2.07. The minimum atomic E-state index is -1.83. The number of nitrogens with zero attached hydrogens (tertiary/aromatic N) is 3. The SMILES string of the molecule is NC(N)=NCCC[C@H](NC(=O)[C@H](CCCN=C(N)N)NC(=O)[C@H](CC(=O)O)NC(=O)[C@H](CCCN=C(N)N)NC(=O)[C@@H](N)CC(=O)O)C(=O)O. The molecular formula is C26H48N14O10. The standard InChI is InChI=1S/C26H48N14O10/c27-12(10-17(41)42)19(45)37-13(4-1-7-34-24(28)29)21(47)40-16(11-18(43)44)22(48)38-14(5-2-8-35-25(30)31)20(46)39-15(23(49)50)6-3-9-36-26(32)33/h12-16H,1-11,27H2,(H,37,45)(H,38,48)(H,39,46)(H,40,47)(H,41,42)(H,43,44)(H,49,50)(H4,28,29,34)(H4,30,31,35)(H4,32,33,36)/t12-,13-,14-,15-,16-/m0/s1. The summed E-state index contributed by atoms with van der Waals surface area (Å²) in [7, 11) is 0. The van der Waals surface area contributed by atoms with Crippen LogP contribution in [-0.2, 0) is 33.6 Å². The average molecular weight is 717 g/mol. The summed E-state index contributed by atoms with van der Waals surface area (Å²) in [5.41, 5.74) is 37.3. The van der Waals surface area contributed by atoms with Crippen molar-refractivity contribution in [1.82, 2.24) is 21.3 Å². The van der Waals surface area contributed by atoms with Gasteiger partial charge in [0.1, 0.15) is 24.2 Å². The van der Waals surface area contributed by atoms with Crippen LogP contribution < -0.4 is 61.4 Å². The van der Waals surface area contributed by atoms with E-state index in [1.807, 2.05) is 0 Å². The van der Waals surface area contributed by atoms with Crippen LogP contribution in [0.3, 0.4) is 0 Å². The van der Waals surface area contributed by atoms with Crippen LogP contribution in [0.2, 0.25) is 0 Å². The molecule has 50 heavy (non-hydrogen) atoms. The molecule has 24 heteroatoms. The summed E-state index contributed by atoms with van der Waals surface area (Å²) in [6.07, 6.45) is -1.84. The van der Waals surface area contributed by atoms with E-state index in [1.54, 1.807) is 0 Å². The molecule has 0 bridgehead atoms. The Morgan fingerprint density at radius 1 is 0.480 bits per heavy atom. The Balaban J connectivity index is 6.14. The van der Waals surface area contributed by atoms with Crippen LogP contribution in [0.4, 0.5) is 0 Å². The molecule has 0 aliphatic heterocycles. The monoisotopic (exact) mass is 716 g/mol. The Hall–Kier alpha value is -5.94. The lowest BCUT2D eigenvalue weighted by Gasteiger charge is -2.26. The fourth-order valence-corrected chi connectivity index (χ4v) is 4.07.